The van der Waals surface area contributed by atoms with Gasteiger partial charge in [-0.05, 0) is 84.0 Å². The van der Waals surface area contributed by atoms with E-state index < -0.39 is 49.5 Å². The van der Waals surface area contributed by atoms with Crippen molar-refractivity contribution in [3.63, 3.8) is 0 Å². The first-order chi connectivity index (χ1) is 42.2. The van der Waals surface area contributed by atoms with E-state index in [1.807, 2.05) is 19.1 Å². The molecule has 0 aromatic rings. The Bertz CT molecular complexity index is 1610. The Labute approximate surface area is 528 Å². The van der Waals surface area contributed by atoms with Gasteiger partial charge in [0, 0.05) is 12.8 Å². The van der Waals surface area contributed by atoms with E-state index in [1.54, 1.807) is 6.08 Å². The number of rotatable bonds is 64. The number of hydrogen-bond acceptors (Lipinski definition) is 10. The highest BCUT2D eigenvalue weighted by atomic mass is 16.7. The first-order valence-electron chi connectivity index (χ1n) is 36.5. The molecule has 1 amide bonds. The fourth-order valence-corrected chi connectivity index (χ4v) is 11.4. The molecule has 1 rings (SSSR count). The zero-order valence-corrected chi connectivity index (χ0v) is 55.8. The van der Waals surface area contributed by atoms with Crippen LogP contribution in [-0.2, 0) is 23.8 Å². The van der Waals surface area contributed by atoms with Crippen LogP contribution in [0.5, 0.6) is 0 Å². The van der Waals surface area contributed by atoms with Gasteiger partial charge in [0.05, 0.1) is 32.0 Å². The average Bonchev–Trinajstić information content (AvgIpc) is 2.21. The van der Waals surface area contributed by atoms with Crippen molar-refractivity contribution in [1.82, 2.24) is 5.32 Å². The number of aliphatic hydroxyl groups excluding tert-OH is 5. The van der Waals surface area contributed by atoms with Crippen LogP contribution in [-0.4, -0.2) is 100 Å². The molecule has 1 fully saturated rings. The molecule has 0 spiro atoms. The van der Waals surface area contributed by atoms with E-state index in [0.29, 0.717) is 19.4 Å². The fourth-order valence-electron chi connectivity index (χ4n) is 11.4. The summed E-state index contributed by atoms with van der Waals surface area (Å²) in [6, 6.07) is -0.832. The first-order valence-corrected chi connectivity index (χ1v) is 36.5. The Kier molecular flexibility index (Phi) is 60.5. The minimum absolute atomic E-state index is 0.0120. The molecule has 7 unspecified atom stereocenters. The number of ether oxygens (including phenoxy) is 3. The van der Waals surface area contributed by atoms with E-state index in [2.05, 4.69) is 54.8 Å². The highest BCUT2D eigenvalue weighted by Gasteiger charge is 2.44. The lowest BCUT2D eigenvalue weighted by atomic mass is 9.99. The topological polar surface area (TPSA) is 175 Å². The van der Waals surface area contributed by atoms with Crippen molar-refractivity contribution in [1.29, 1.82) is 0 Å². The van der Waals surface area contributed by atoms with Crippen LogP contribution in [0.3, 0.4) is 0 Å². The van der Waals surface area contributed by atoms with Crippen molar-refractivity contribution in [2.24, 2.45) is 0 Å². The van der Waals surface area contributed by atoms with Crippen LogP contribution in [0.15, 0.2) is 60.8 Å². The van der Waals surface area contributed by atoms with Crippen molar-refractivity contribution in [2.45, 2.75) is 384 Å². The predicted molar refractivity (Wildman–Crippen MR) is 361 cm³/mol. The second-order valence-electron chi connectivity index (χ2n) is 25.3. The lowest BCUT2D eigenvalue weighted by Crippen LogP contribution is -2.60. The van der Waals surface area contributed by atoms with E-state index in [-0.39, 0.29) is 18.5 Å². The molecule has 1 saturated heterocycles. The molecule has 1 heterocycles. The van der Waals surface area contributed by atoms with Crippen LogP contribution in [0, 0.1) is 0 Å². The molecule has 7 atom stereocenters. The molecule has 0 aromatic heterocycles. The second-order valence-corrected chi connectivity index (χ2v) is 25.3. The Hall–Kier alpha value is -2.64. The van der Waals surface area contributed by atoms with Crippen molar-refractivity contribution in [2.75, 3.05) is 19.8 Å². The minimum Gasteiger partial charge on any atom is -0.466 e. The zero-order chi connectivity index (χ0) is 62.3. The van der Waals surface area contributed by atoms with E-state index >= 15 is 0 Å². The SMILES string of the molecule is C/C=C/CC/C=C/CC/C=C/C(O)C(COC1OC(CO)C(O)C(O)C1O)NC(=O)CCCCCCCCCCCCCCCCCCC/C=C\C/C=C\CCCCCCCCCCCCCOC(=O)CCCCCCCCCCCCCCCC. The van der Waals surface area contributed by atoms with Crippen LogP contribution in [0.4, 0.5) is 0 Å². The van der Waals surface area contributed by atoms with Crippen LogP contribution >= 0.6 is 0 Å². The predicted octanol–water partition coefficient (Wildman–Crippen LogP) is 18.9. The maximum Gasteiger partial charge on any atom is 0.305 e. The quantitative estimate of drug-likeness (QED) is 0.0195. The van der Waals surface area contributed by atoms with Gasteiger partial charge >= 0.3 is 5.97 Å². The summed E-state index contributed by atoms with van der Waals surface area (Å²) in [5.41, 5.74) is 0. The summed E-state index contributed by atoms with van der Waals surface area (Å²) >= 11 is 0. The van der Waals surface area contributed by atoms with E-state index in [4.69, 9.17) is 14.2 Å². The smallest absolute Gasteiger partial charge is 0.305 e. The molecule has 11 nitrogen and oxygen atoms in total. The van der Waals surface area contributed by atoms with Crippen LogP contribution in [0.2, 0.25) is 0 Å². The van der Waals surface area contributed by atoms with Gasteiger partial charge in [-0.1, -0.05) is 305 Å². The maximum atomic E-state index is 13.0. The molecule has 6 N–H and O–H groups in total. The Morgan fingerprint density at radius 3 is 1.28 bits per heavy atom. The first kappa shape index (κ1) is 81.4. The normalized spacial score (nSPS) is 18.2. The van der Waals surface area contributed by atoms with Gasteiger partial charge in [0.15, 0.2) is 6.29 Å². The highest BCUT2D eigenvalue weighted by molar-refractivity contribution is 5.76. The van der Waals surface area contributed by atoms with Crippen LogP contribution in [0.25, 0.3) is 0 Å². The third kappa shape index (κ3) is 52.2. The number of hydrogen-bond donors (Lipinski definition) is 6. The molecule has 0 bridgehead atoms. The number of esters is 1. The Balaban J connectivity index is 1.90. The van der Waals surface area contributed by atoms with E-state index in [9.17, 15) is 35.1 Å². The summed E-state index contributed by atoms with van der Waals surface area (Å²) in [6.45, 7) is 4.12. The van der Waals surface area contributed by atoms with Gasteiger partial charge in [-0.3, -0.25) is 9.59 Å². The van der Waals surface area contributed by atoms with Gasteiger partial charge in [-0.25, -0.2) is 0 Å². The lowest BCUT2D eigenvalue weighted by molar-refractivity contribution is -0.302. The number of unbranched alkanes of at least 4 members (excludes halogenated alkanes) is 43. The van der Waals surface area contributed by atoms with Gasteiger partial charge in [0.25, 0.3) is 0 Å². The van der Waals surface area contributed by atoms with Crippen molar-refractivity contribution < 1.29 is 49.3 Å². The van der Waals surface area contributed by atoms with Gasteiger partial charge in [-0.2, -0.15) is 0 Å². The highest BCUT2D eigenvalue weighted by Crippen LogP contribution is 2.23. The van der Waals surface area contributed by atoms with E-state index in [1.165, 1.54) is 250 Å². The summed E-state index contributed by atoms with van der Waals surface area (Å²) in [6.07, 6.45) is 75.6. The summed E-state index contributed by atoms with van der Waals surface area (Å²) in [4.78, 5) is 25.1. The van der Waals surface area contributed by atoms with Crippen molar-refractivity contribution >= 4 is 11.9 Å². The number of allylic oxidation sites excluding steroid dienone is 9. The molecule has 0 radical (unpaired) electrons. The fraction of sp³-hybridized carbons (Fsp3) is 0.840. The number of carbonyl (C=O) groups is 2. The second kappa shape index (κ2) is 63.9. The van der Waals surface area contributed by atoms with Crippen LogP contribution in [0.1, 0.15) is 341 Å². The van der Waals surface area contributed by atoms with Crippen molar-refractivity contribution in [3.05, 3.63) is 60.8 Å². The number of amides is 1. The van der Waals surface area contributed by atoms with E-state index in [0.717, 1.165) is 64.2 Å². The summed E-state index contributed by atoms with van der Waals surface area (Å²) in [5, 5.41) is 54.2. The molecule has 0 aromatic carbocycles. The van der Waals surface area contributed by atoms with Gasteiger partial charge < -0.3 is 45.1 Å². The third-order valence-corrected chi connectivity index (χ3v) is 17.2. The standard InChI is InChI=1S/C75H137NO10/c1-3-5-7-9-11-13-14-15-40-43-47-51-55-59-63-71(80)84-64-60-56-52-48-44-41-38-36-34-32-30-28-26-24-22-20-18-16-17-19-21-23-25-27-29-31-33-35-37-39-42-46-50-54-58-62-70(79)76-67(68(78)61-57-53-49-45-12-10-8-6-4-2)66-85-75-74(83)73(82)72(81)69(65-77)86-75/h4,6,12,18,20,24,26,45,57,61,67-69,72-75,77-78,81-83H,3,5,7-11,13-17,19,21-23,25,27-44,46-56,58-60,62-66H2,1-2H3,(H,76,79)/b6-4+,20-18-,26-24-,45-12+,61-57+. The largest absolute Gasteiger partial charge is 0.466 e. The number of carbonyl (C=O) groups excluding carboxylic acids is 2. The molecule has 1 aliphatic heterocycles. The molecule has 11 heteroatoms. The van der Waals surface area contributed by atoms with Gasteiger partial charge in [0.2, 0.25) is 5.91 Å². The molecular weight excluding hydrogens is 1070 g/mol. The van der Waals surface area contributed by atoms with Gasteiger partial charge in [0.1, 0.15) is 24.4 Å². The summed E-state index contributed by atoms with van der Waals surface area (Å²) in [5.74, 6) is -0.185. The molecule has 1 aliphatic rings. The third-order valence-electron chi connectivity index (χ3n) is 17.2. The monoisotopic (exact) mass is 1210 g/mol. The molecule has 0 aliphatic carbocycles. The summed E-state index contributed by atoms with van der Waals surface area (Å²) in [7, 11) is 0. The molecule has 502 valence electrons. The maximum absolute atomic E-state index is 13.0. The Morgan fingerprint density at radius 2 is 0.837 bits per heavy atom. The molecule has 86 heavy (non-hydrogen) atoms. The number of aliphatic hydroxyl groups is 5. The van der Waals surface area contributed by atoms with Gasteiger partial charge in [-0.15, -0.1) is 0 Å². The summed E-state index contributed by atoms with van der Waals surface area (Å²) < 4.78 is 16.7. The number of nitrogens with one attached hydrogen (secondary N) is 1. The minimum atomic E-state index is -1.58. The Morgan fingerprint density at radius 1 is 0.453 bits per heavy atom. The zero-order valence-electron chi connectivity index (χ0n) is 55.8. The molecule has 0 saturated carbocycles. The lowest BCUT2D eigenvalue weighted by Gasteiger charge is -2.40. The average molecular weight is 1210 g/mol. The van der Waals surface area contributed by atoms with Crippen molar-refractivity contribution in [3.8, 4) is 0 Å². The van der Waals surface area contributed by atoms with Crippen LogP contribution < -0.4 is 5.32 Å². The molecular formula is C75H137NO10.